The van der Waals surface area contributed by atoms with E-state index in [9.17, 15) is 14.5 Å². The molecule has 0 saturated heterocycles. The number of halogens is 1. The molecule has 1 aromatic rings. The molecule has 0 bridgehead atoms. The number of benzene rings is 1. The second-order valence-corrected chi connectivity index (χ2v) is 4.77. The Morgan fingerprint density at radius 3 is 2.88 bits per heavy atom. The first kappa shape index (κ1) is 13.8. The summed E-state index contributed by atoms with van der Waals surface area (Å²) in [5, 5.41) is 13.7. The van der Waals surface area contributed by atoms with Gasteiger partial charge in [0.25, 0.3) is 5.69 Å². The molecule has 0 aromatic heterocycles. The van der Waals surface area contributed by atoms with E-state index in [4.69, 9.17) is 0 Å². The second kappa shape index (κ2) is 6.44. The van der Waals surface area contributed by atoms with Gasteiger partial charge in [-0.1, -0.05) is 6.92 Å². The van der Waals surface area contributed by atoms with Crippen molar-refractivity contribution in [3.05, 3.63) is 34.1 Å². The van der Waals surface area contributed by atoms with Gasteiger partial charge in [-0.2, -0.15) is 11.8 Å². The third kappa shape index (κ3) is 4.22. The lowest BCUT2D eigenvalue weighted by atomic mass is 10.2. The van der Waals surface area contributed by atoms with Gasteiger partial charge in [0, 0.05) is 18.7 Å². The lowest BCUT2D eigenvalue weighted by Crippen LogP contribution is -2.14. The number of nitro groups is 1. The second-order valence-electron chi connectivity index (χ2n) is 3.86. The highest BCUT2D eigenvalue weighted by atomic mass is 32.2. The van der Waals surface area contributed by atoms with Gasteiger partial charge < -0.3 is 5.32 Å². The van der Waals surface area contributed by atoms with E-state index in [0.717, 1.165) is 17.9 Å². The molecule has 1 unspecified atom stereocenters. The molecule has 1 rings (SSSR count). The summed E-state index contributed by atoms with van der Waals surface area (Å²) in [4.78, 5) is 10.2. The fraction of sp³-hybridized carbons (Fsp3) is 0.455. The smallest absolute Gasteiger partial charge is 0.292 e. The molecule has 94 valence electrons. The Morgan fingerprint density at radius 2 is 2.29 bits per heavy atom. The van der Waals surface area contributed by atoms with Crippen LogP contribution in [-0.4, -0.2) is 23.5 Å². The Kier molecular flexibility index (Phi) is 5.21. The van der Waals surface area contributed by atoms with Crippen molar-refractivity contribution in [2.24, 2.45) is 5.92 Å². The lowest BCUT2D eigenvalue weighted by molar-refractivity contribution is -0.384. The van der Waals surface area contributed by atoms with Crippen molar-refractivity contribution in [3.63, 3.8) is 0 Å². The molecule has 0 aliphatic heterocycles. The van der Waals surface area contributed by atoms with Gasteiger partial charge in [0.15, 0.2) is 0 Å². The zero-order valence-electron chi connectivity index (χ0n) is 9.77. The van der Waals surface area contributed by atoms with E-state index in [2.05, 4.69) is 5.32 Å². The van der Waals surface area contributed by atoms with E-state index >= 15 is 0 Å². The van der Waals surface area contributed by atoms with Crippen LogP contribution >= 0.6 is 11.8 Å². The van der Waals surface area contributed by atoms with Crippen LogP contribution in [0.4, 0.5) is 15.8 Å². The molecule has 17 heavy (non-hydrogen) atoms. The molecule has 1 aromatic carbocycles. The molecule has 0 fully saturated rings. The molecule has 0 aliphatic carbocycles. The van der Waals surface area contributed by atoms with E-state index in [1.54, 1.807) is 11.8 Å². The molecule has 0 amide bonds. The number of nitro benzene ring substituents is 1. The van der Waals surface area contributed by atoms with Gasteiger partial charge in [0.2, 0.25) is 0 Å². The number of hydrogen-bond acceptors (Lipinski definition) is 4. The third-order valence-corrected chi connectivity index (χ3v) is 3.15. The third-order valence-electron chi connectivity index (χ3n) is 2.25. The van der Waals surface area contributed by atoms with Gasteiger partial charge in [-0.05, 0) is 24.0 Å². The number of anilines is 1. The fourth-order valence-electron chi connectivity index (χ4n) is 1.44. The molecule has 1 N–H and O–H groups in total. The summed E-state index contributed by atoms with van der Waals surface area (Å²) in [6.07, 6.45) is 2.00. The molecular weight excluding hydrogens is 243 g/mol. The van der Waals surface area contributed by atoms with Crippen LogP contribution in [0, 0.1) is 21.8 Å². The van der Waals surface area contributed by atoms with Crippen molar-refractivity contribution < 1.29 is 9.31 Å². The van der Waals surface area contributed by atoms with Gasteiger partial charge in [-0.25, -0.2) is 4.39 Å². The number of thioether (sulfide) groups is 1. The monoisotopic (exact) mass is 258 g/mol. The maximum atomic E-state index is 13.0. The van der Waals surface area contributed by atoms with E-state index in [1.165, 1.54) is 6.07 Å². The standard InChI is InChI=1S/C11H15FN2O2S/c1-8(7-17-2)6-13-10-5-9(12)3-4-11(10)14(15)16/h3-5,8,13H,6-7H2,1-2H3. The minimum Gasteiger partial charge on any atom is -0.379 e. The number of nitrogens with zero attached hydrogens (tertiary/aromatic N) is 1. The largest absolute Gasteiger partial charge is 0.379 e. The first-order chi connectivity index (χ1) is 8.04. The van der Waals surface area contributed by atoms with Crippen molar-refractivity contribution in [1.82, 2.24) is 0 Å². The van der Waals surface area contributed by atoms with Crippen LogP contribution in [0.15, 0.2) is 18.2 Å². The van der Waals surface area contributed by atoms with E-state index < -0.39 is 10.7 Å². The van der Waals surface area contributed by atoms with E-state index in [1.807, 2.05) is 13.2 Å². The van der Waals surface area contributed by atoms with E-state index in [-0.39, 0.29) is 11.4 Å². The normalized spacial score (nSPS) is 12.2. The molecule has 0 radical (unpaired) electrons. The molecule has 0 spiro atoms. The molecule has 0 heterocycles. The van der Waals surface area contributed by atoms with Crippen LogP contribution in [-0.2, 0) is 0 Å². The predicted octanol–water partition coefficient (Wildman–Crippen LogP) is 3.14. The van der Waals surface area contributed by atoms with Crippen molar-refractivity contribution in [2.45, 2.75) is 6.92 Å². The van der Waals surface area contributed by atoms with Crippen LogP contribution in [0.5, 0.6) is 0 Å². The molecule has 0 saturated carbocycles. The zero-order chi connectivity index (χ0) is 12.8. The lowest BCUT2D eigenvalue weighted by Gasteiger charge is -2.12. The quantitative estimate of drug-likeness (QED) is 0.629. The fourth-order valence-corrected chi connectivity index (χ4v) is 2.12. The Bertz CT molecular complexity index is 401. The van der Waals surface area contributed by atoms with Crippen molar-refractivity contribution in [2.75, 3.05) is 23.9 Å². The van der Waals surface area contributed by atoms with Crippen molar-refractivity contribution >= 4 is 23.1 Å². The minimum absolute atomic E-state index is 0.0947. The molecule has 0 aliphatic rings. The van der Waals surface area contributed by atoms with E-state index in [0.29, 0.717) is 12.5 Å². The van der Waals surface area contributed by atoms with Crippen LogP contribution in [0.2, 0.25) is 0 Å². The number of hydrogen-bond donors (Lipinski definition) is 1. The molecule has 4 nitrogen and oxygen atoms in total. The van der Waals surface area contributed by atoms with Crippen LogP contribution in [0.3, 0.4) is 0 Å². The molecule has 6 heteroatoms. The minimum atomic E-state index is -0.513. The predicted molar refractivity (Wildman–Crippen MR) is 69.1 cm³/mol. The molecular formula is C11H15FN2O2S. The summed E-state index contributed by atoms with van der Waals surface area (Å²) in [7, 11) is 0. The highest BCUT2D eigenvalue weighted by molar-refractivity contribution is 7.98. The Balaban J connectivity index is 2.75. The highest BCUT2D eigenvalue weighted by Crippen LogP contribution is 2.25. The average molecular weight is 258 g/mol. The SMILES string of the molecule is CSCC(C)CNc1cc(F)ccc1[N+](=O)[O-]. The first-order valence-electron chi connectivity index (χ1n) is 5.21. The number of rotatable bonds is 6. The van der Waals surface area contributed by atoms with Gasteiger partial charge in [0.1, 0.15) is 11.5 Å². The average Bonchev–Trinajstić information content (AvgIpc) is 2.26. The van der Waals surface area contributed by atoms with Crippen LogP contribution in [0.25, 0.3) is 0 Å². The summed E-state index contributed by atoms with van der Waals surface area (Å²) in [5.74, 6) is 0.847. The Morgan fingerprint density at radius 1 is 1.59 bits per heavy atom. The maximum Gasteiger partial charge on any atom is 0.292 e. The summed E-state index contributed by atoms with van der Waals surface area (Å²) < 4.78 is 13.0. The summed E-state index contributed by atoms with van der Waals surface area (Å²) in [6, 6.07) is 3.43. The van der Waals surface area contributed by atoms with Crippen molar-refractivity contribution in [1.29, 1.82) is 0 Å². The zero-order valence-corrected chi connectivity index (χ0v) is 10.6. The Hall–Kier alpha value is -1.30. The summed E-state index contributed by atoms with van der Waals surface area (Å²) in [6.45, 7) is 2.62. The molecule has 1 atom stereocenters. The highest BCUT2D eigenvalue weighted by Gasteiger charge is 2.14. The van der Waals surface area contributed by atoms with Gasteiger partial charge in [0.05, 0.1) is 4.92 Å². The number of nitrogens with one attached hydrogen (secondary N) is 1. The topological polar surface area (TPSA) is 55.2 Å². The van der Waals surface area contributed by atoms with Gasteiger partial charge in [-0.3, -0.25) is 10.1 Å². The van der Waals surface area contributed by atoms with Crippen LogP contribution in [0.1, 0.15) is 6.92 Å². The van der Waals surface area contributed by atoms with Crippen LogP contribution < -0.4 is 5.32 Å². The Labute approximate surface area is 104 Å². The van der Waals surface area contributed by atoms with Gasteiger partial charge >= 0.3 is 0 Å². The maximum absolute atomic E-state index is 13.0. The summed E-state index contributed by atoms with van der Waals surface area (Å²) >= 11 is 1.71. The summed E-state index contributed by atoms with van der Waals surface area (Å²) in [5.41, 5.74) is 0.144. The van der Waals surface area contributed by atoms with Gasteiger partial charge in [-0.15, -0.1) is 0 Å². The van der Waals surface area contributed by atoms with Crippen molar-refractivity contribution in [3.8, 4) is 0 Å². The first-order valence-corrected chi connectivity index (χ1v) is 6.60.